The minimum Gasteiger partial charge on any atom is -0.480 e. The van der Waals surface area contributed by atoms with Crippen LogP contribution in [0.15, 0.2) is 0 Å². The lowest BCUT2D eigenvalue weighted by Gasteiger charge is -2.13. The Morgan fingerprint density at radius 1 is 1.57 bits per heavy atom. The molecule has 14 heavy (non-hydrogen) atoms. The molecule has 0 saturated carbocycles. The summed E-state index contributed by atoms with van der Waals surface area (Å²) in [5.74, 6) is -0.933. The van der Waals surface area contributed by atoms with Gasteiger partial charge in [-0.05, 0) is 12.7 Å². The first-order valence-corrected chi connectivity index (χ1v) is 4.55. The van der Waals surface area contributed by atoms with E-state index < -0.39 is 19.1 Å². The van der Waals surface area contributed by atoms with Crippen LogP contribution >= 0.6 is 0 Å². The second-order valence-corrected chi connectivity index (χ2v) is 3.28. The number of ether oxygens (including phenoxy) is 1. The molecule has 7 heteroatoms. The third-order valence-electron chi connectivity index (χ3n) is 2.19. The van der Waals surface area contributed by atoms with Crippen LogP contribution in [0.4, 0.5) is 0 Å². The SMILES string of the molecule is O=C(O)C1NCOC1CCCB(O)O. The van der Waals surface area contributed by atoms with Crippen molar-refractivity contribution < 1.29 is 24.7 Å². The Morgan fingerprint density at radius 3 is 2.86 bits per heavy atom. The number of hydrogen-bond donors (Lipinski definition) is 4. The number of aliphatic carboxylic acids is 1. The number of hydrogen-bond acceptors (Lipinski definition) is 5. The van der Waals surface area contributed by atoms with Gasteiger partial charge in [0.15, 0.2) is 0 Å². The molecule has 2 unspecified atom stereocenters. The summed E-state index contributed by atoms with van der Waals surface area (Å²) in [4.78, 5) is 10.7. The molecule has 2 atom stereocenters. The van der Waals surface area contributed by atoms with Crippen LogP contribution in [0.1, 0.15) is 12.8 Å². The molecule has 1 aliphatic heterocycles. The summed E-state index contributed by atoms with van der Waals surface area (Å²) < 4.78 is 5.15. The summed E-state index contributed by atoms with van der Waals surface area (Å²) in [6.45, 7) is 0.239. The lowest BCUT2D eigenvalue weighted by Crippen LogP contribution is -2.38. The van der Waals surface area contributed by atoms with Gasteiger partial charge in [-0.3, -0.25) is 10.1 Å². The average Bonchev–Trinajstić information content (AvgIpc) is 2.51. The number of nitrogens with one attached hydrogen (secondary N) is 1. The first kappa shape index (κ1) is 11.4. The summed E-state index contributed by atoms with van der Waals surface area (Å²) >= 11 is 0. The van der Waals surface area contributed by atoms with Gasteiger partial charge in [0.1, 0.15) is 6.04 Å². The predicted molar refractivity (Wildman–Crippen MR) is 48.5 cm³/mol. The normalized spacial score (nSPS) is 26.4. The smallest absolute Gasteiger partial charge is 0.451 e. The van der Waals surface area contributed by atoms with E-state index in [1.807, 2.05) is 0 Å². The zero-order valence-electron chi connectivity index (χ0n) is 7.72. The Bertz CT molecular complexity index is 201. The third-order valence-corrected chi connectivity index (χ3v) is 2.19. The van der Waals surface area contributed by atoms with Crippen LogP contribution in [0.3, 0.4) is 0 Å². The van der Waals surface area contributed by atoms with Crippen molar-refractivity contribution in [1.82, 2.24) is 5.32 Å². The summed E-state index contributed by atoms with van der Waals surface area (Å²) in [6.07, 6.45) is 0.924. The maximum absolute atomic E-state index is 10.7. The molecule has 1 fully saturated rings. The van der Waals surface area contributed by atoms with Gasteiger partial charge in [-0.2, -0.15) is 0 Å². The fraction of sp³-hybridized carbons (Fsp3) is 0.857. The zero-order chi connectivity index (χ0) is 10.6. The molecule has 0 aromatic rings. The Balaban J connectivity index is 2.26. The highest BCUT2D eigenvalue weighted by atomic mass is 16.5. The van der Waals surface area contributed by atoms with E-state index in [9.17, 15) is 4.79 Å². The molecule has 0 spiro atoms. The van der Waals surface area contributed by atoms with Crippen molar-refractivity contribution in [2.45, 2.75) is 31.3 Å². The maximum Gasteiger partial charge on any atom is 0.451 e. The monoisotopic (exact) mass is 203 g/mol. The molecule has 0 aliphatic carbocycles. The lowest BCUT2D eigenvalue weighted by molar-refractivity contribution is -0.140. The third kappa shape index (κ3) is 3.26. The van der Waals surface area contributed by atoms with Crippen molar-refractivity contribution in [3.8, 4) is 0 Å². The van der Waals surface area contributed by atoms with Crippen molar-refractivity contribution in [2.75, 3.05) is 6.73 Å². The highest BCUT2D eigenvalue weighted by Crippen LogP contribution is 2.14. The van der Waals surface area contributed by atoms with Gasteiger partial charge in [0.05, 0.1) is 12.8 Å². The quantitative estimate of drug-likeness (QED) is 0.412. The summed E-state index contributed by atoms with van der Waals surface area (Å²) in [6, 6.07) is -0.675. The van der Waals surface area contributed by atoms with Crippen molar-refractivity contribution >= 4 is 13.1 Å². The first-order chi connectivity index (χ1) is 6.61. The molecular weight excluding hydrogens is 189 g/mol. The van der Waals surface area contributed by atoms with E-state index in [4.69, 9.17) is 19.9 Å². The van der Waals surface area contributed by atoms with Gasteiger partial charge < -0.3 is 19.9 Å². The molecule has 6 nitrogen and oxygen atoms in total. The van der Waals surface area contributed by atoms with Crippen molar-refractivity contribution in [3.05, 3.63) is 0 Å². The molecule has 1 heterocycles. The summed E-state index contributed by atoms with van der Waals surface area (Å²) in [5, 5.41) is 28.6. The molecule has 1 aliphatic rings. The van der Waals surface area contributed by atoms with Gasteiger partial charge in [-0.1, -0.05) is 6.42 Å². The Labute approximate surface area is 82.0 Å². The Hall–Kier alpha value is -0.625. The molecule has 4 N–H and O–H groups in total. The molecule has 1 rings (SSSR count). The van der Waals surface area contributed by atoms with Crippen LogP contribution in [-0.4, -0.2) is 47.1 Å². The standard InChI is InChI=1S/C7H14BNO5/c10-7(11)6-5(14-4-9-6)2-1-3-8(12)13/h5-6,9,12-13H,1-4H2,(H,10,11). The van der Waals surface area contributed by atoms with Crippen LogP contribution in [0.5, 0.6) is 0 Å². The van der Waals surface area contributed by atoms with Crippen LogP contribution in [0, 0.1) is 0 Å². The molecule has 0 bridgehead atoms. The van der Waals surface area contributed by atoms with Crippen LogP contribution in [0.25, 0.3) is 0 Å². The highest BCUT2D eigenvalue weighted by Gasteiger charge is 2.33. The predicted octanol–water partition coefficient (Wildman–Crippen LogP) is -1.36. The number of carboxylic acid groups (broad SMARTS) is 1. The molecule has 0 aromatic heterocycles. The van der Waals surface area contributed by atoms with Crippen LogP contribution in [0.2, 0.25) is 6.32 Å². The topological polar surface area (TPSA) is 99.0 Å². The zero-order valence-corrected chi connectivity index (χ0v) is 7.72. The van der Waals surface area contributed by atoms with Gasteiger partial charge in [0.2, 0.25) is 0 Å². The van der Waals surface area contributed by atoms with E-state index >= 15 is 0 Å². The molecule has 1 saturated heterocycles. The second-order valence-electron chi connectivity index (χ2n) is 3.28. The van der Waals surface area contributed by atoms with Crippen molar-refractivity contribution in [3.63, 3.8) is 0 Å². The number of carboxylic acids is 1. The molecular formula is C7H14BNO5. The van der Waals surface area contributed by atoms with E-state index in [-0.39, 0.29) is 19.2 Å². The fourth-order valence-electron chi connectivity index (χ4n) is 1.47. The summed E-state index contributed by atoms with van der Waals surface area (Å²) in [7, 11) is -1.33. The Kier molecular flexibility index (Phi) is 4.34. The van der Waals surface area contributed by atoms with Crippen LogP contribution < -0.4 is 5.32 Å². The van der Waals surface area contributed by atoms with Crippen molar-refractivity contribution in [1.29, 1.82) is 0 Å². The van der Waals surface area contributed by atoms with Gasteiger partial charge >= 0.3 is 13.1 Å². The van der Waals surface area contributed by atoms with E-state index in [1.54, 1.807) is 0 Å². The van der Waals surface area contributed by atoms with E-state index in [0.29, 0.717) is 12.8 Å². The van der Waals surface area contributed by atoms with Crippen molar-refractivity contribution in [2.24, 2.45) is 0 Å². The average molecular weight is 203 g/mol. The van der Waals surface area contributed by atoms with E-state index in [2.05, 4.69) is 5.32 Å². The maximum atomic E-state index is 10.7. The first-order valence-electron chi connectivity index (χ1n) is 4.55. The minimum absolute atomic E-state index is 0.239. The number of carbonyl (C=O) groups is 1. The van der Waals surface area contributed by atoms with Gasteiger partial charge in [0, 0.05) is 0 Å². The van der Waals surface area contributed by atoms with Gasteiger partial charge in [0.25, 0.3) is 0 Å². The molecule has 0 amide bonds. The molecule has 80 valence electrons. The van der Waals surface area contributed by atoms with Crippen LogP contribution in [-0.2, 0) is 9.53 Å². The number of rotatable bonds is 5. The Morgan fingerprint density at radius 2 is 2.29 bits per heavy atom. The van der Waals surface area contributed by atoms with E-state index in [1.165, 1.54) is 0 Å². The molecule has 0 aromatic carbocycles. The van der Waals surface area contributed by atoms with E-state index in [0.717, 1.165) is 0 Å². The fourth-order valence-corrected chi connectivity index (χ4v) is 1.47. The van der Waals surface area contributed by atoms with Gasteiger partial charge in [-0.15, -0.1) is 0 Å². The summed E-state index contributed by atoms with van der Waals surface area (Å²) in [5.41, 5.74) is 0. The highest BCUT2D eigenvalue weighted by molar-refractivity contribution is 6.40. The lowest BCUT2D eigenvalue weighted by atomic mass is 9.83. The van der Waals surface area contributed by atoms with Gasteiger partial charge in [-0.25, -0.2) is 0 Å². The largest absolute Gasteiger partial charge is 0.480 e. The minimum atomic E-state index is -1.33. The molecule has 0 radical (unpaired) electrons. The second kappa shape index (κ2) is 5.30.